The van der Waals surface area contributed by atoms with Gasteiger partial charge in [0.1, 0.15) is 11.5 Å². The number of rotatable bonds is 8. The van der Waals surface area contributed by atoms with Crippen LogP contribution in [0.3, 0.4) is 0 Å². The molecule has 0 fully saturated rings. The minimum Gasteiger partial charge on any atom is -0.457 e. The van der Waals surface area contributed by atoms with Crippen LogP contribution in [-0.4, -0.2) is 74.7 Å². The van der Waals surface area contributed by atoms with Crippen molar-refractivity contribution in [3.63, 3.8) is 0 Å². The highest BCUT2D eigenvalue weighted by Gasteiger charge is 2.28. The molecule has 0 radical (unpaired) electrons. The summed E-state index contributed by atoms with van der Waals surface area (Å²) >= 11 is 0. The van der Waals surface area contributed by atoms with Crippen molar-refractivity contribution in [1.29, 1.82) is 0 Å². The van der Waals surface area contributed by atoms with Gasteiger partial charge in [0.15, 0.2) is 0 Å². The second kappa shape index (κ2) is 13.5. The molecule has 0 saturated carbocycles. The van der Waals surface area contributed by atoms with Crippen molar-refractivity contribution in [2.24, 2.45) is 5.92 Å². The second-order valence-electron chi connectivity index (χ2n) is 10.2. The molecular formula is C29H39N5O4. The molecule has 1 aromatic heterocycles. The normalized spacial score (nSPS) is 19.9. The minimum absolute atomic E-state index is 0.0468. The first-order valence-electron chi connectivity index (χ1n) is 13.3. The number of hydrogen-bond acceptors (Lipinski definition) is 7. The first-order chi connectivity index (χ1) is 18.4. The lowest BCUT2D eigenvalue weighted by atomic mass is 10.0. The van der Waals surface area contributed by atoms with Crippen LogP contribution in [0.4, 0.5) is 0 Å². The summed E-state index contributed by atoms with van der Waals surface area (Å²) in [5.41, 5.74) is 2.08. The van der Waals surface area contributed by atoms with Crippen molar-refractivity contribution in [3.8, 4) is 11.5 Å². The van der Waals surface area contributed by atoms with Crippen molar-refractivity contribution >= 4 is 5.91 Å². The van der Waals surface area contributed by atoms with E-state index < -0.39 is 0 Å². The molecular weight excluding hydrogens is 482 g/mol. The van der Waals surface area contributed by atoms with E-state index in [0.29, 0.717) is 39.1 Å². The quantitative estimate of drug-likeness (QED) is 0.483. The van der Waals surface area contributed by atoms with Gasteiger partial charge in [-0.2, -0.15) is 0 Å². The highest BCUT2D eigenvalue weighted by atomic mass is 16.5. The van der Waals surface area contributed by atoms with E-state index in [2.05, 4.69) is 41.3 Å². The fraction of sp³-hybridized carbons (Fsp3) is 0.483. The number of likely N-dealkylation sites (N-methyl/N-ethyl adjacent to an activating group) is 1. The Morgan fingerprint density at radius 1 is 1.16 bits per heavy atom. The van der Waals surface area contributed by atoms with Gasteiger partial charge in [-0.25, -0.2) is 4.68 Å². The maximum absolute atomic E-state index is 13.0. The zero-order chi connectivity index (χ0) is 26.9. The summed E-state index contributed by atoms with van der Waals surface area (Å²) in [5.74, 6) is 1.71. The number of aliphatic hydroxyl groups is 1. The molecule has 0 spiro atoms. The average molecular weight is 522 g/mol. The van der Waals surface area contributed by atoms with Crippen molar-refractivity contribution in [2.75, 3.05) is 26.7 Å². The van der Waals surface area contributed by atoms with Gasteiger partial charge in [0, 0.05) is 38.5 Å². The molecule has 1 aliphatic rings. The minimum atomic E-state index is -0.246. The van der Waals surface area contributed by atoms with Crippen molar-refractivity contribution in [2.45, 2.75) is 58.5 Å². The van der Waals surface area contributed by atoms with Gasteiger partial charge in [-0.1, -0.05) is 42.5 Å². The molecule has 3 atom stereocenters. The molecule has 0 saturated heterocycles. The first kappa shape index (κ1) is 27.8. The third-order valence-corrected chi connectivity index (χ3v) is 6.99. The Labute approximate surface area is 225 Å². The largest absolute Gasteiger partial charge is 0.457 e. The fourth-order valence-corrected chi connectivity index (χ4v) is 4.72. The number of benzene rings is 2. The first-order valence-corrected chi connectivity index (χ1v) is 13.3. The summed E-state index contributed by atoms with van der Waals surface area (Å²) in [5, 5.41) is 18.0. The zero-order valence-corrected chi connectivity index (χ0v) is 22.6. The predicted octanol–water partition coefficient (Wildman–Crippen LogP) is 3.73. The number of aromatic nitrogens is 3. The summed E-state index contributed by atoms with van der Waals surface area (Å²) in [4.78, 5) is 17.1. The Kier molecular flexibility index (Phi) is 9.86. The molecule has 0 aliphatic carbocycles. The molecule has 0 bridgehead atoms. The second-order valence-corrected chi connectivity index (χ2v) is 10.2. The van der Waals surface area contributed by atoms with Crippen LogP contribution in [-0.2, 0) is 29.2 Å². The smallest absolute Gasteiger partial charge is 0.222 e. The molecule has 0 unspecified atom stereocenters. The number of carbonyl (C=O) groups excluding carboxylic acids is 1. The molecule has 2 heterocycles. The lowest BCUT2D eigenvalue weighted by Crippen LogP contribution is -2.47. The molecule has 38 heavy (non-hydrogen) atoms. The summed E-state index contributed by atoms with van der Waals surface area (Å²) in [6.07, 6.45) is 2.67. The number of hydrogen-bond donors (Lipinski definition) is 1. The van der Waals surface area contributed by atoms with Crippen LogP contribution in [0.5, 0.6) is 11.5 Å². The van der Waals surface area contributed by atoms with Crippen LogP contribution in [0.15, 0.2) is 60.8 Å². The summed E-state index contributed by atoms with van der Waals surface area (Å²) in [7, 11) is 2.08. The van der Waals surface area contributed by atoms with E-state index in [0.717, 1.165) is 23.7 Å². The highest BCUT2D eigenvalue weighted by molar-refractivity contribution is 5.76. The van der Waals surface area contributed by atoms with E-state index in [9.17, 15) is 9.90 Å². The Morgan fingerprint density at radius 3 is 2.63 bits per heavy atom. The van der Waals surface area contributed by atoms with Crippen LogP contribution in [0.1, 0.15) is 37.9 Å². The van der Waals surface area contributed by atoms with E-state index >= 15 is 0 Å². The molecule has 9 nitrogen and oxygen atoms in total. The summed E-state index contributed by atoms with van der Waals surface area (Å²) < 4.78 is 14.2. The molecule has 204 valence electrons. The van der Waals surface area contributed by atoms with Gasteiger partial charge in [-0.05, 0) is 50.2 Å². The fourth-order valence-electron chi connectivity index (χ4n) is 4.72. The van der Waals surface area contributed by atoms with Crippen molar-refractivity contribution in [1.82, 2.24) is 24.8 Å². The van der Waals surface area contributed by atoms with Gasteiger partial charge in [-0.15, -0.1) is 5.10 Å². The van der Waals surface area contributed by atoms with E-state index in [1.54, 1.807) is 11.1 Å². The Morgan fingerprint density at radius 2 is 1.89 bits per heavy atom. The number of nitrogens with zero attached hydrogens (tertiary/aromatic N) is 5. The maximum atomic E-state index is 13.0. The Hall–Kier alpha value is -3.27. The van der Waals surface area contributed by atoms with Crippen LogP contribution < -0.4 is 4.74 Å². The SMILES string of the molecule is C[C@@H]1CN([C@@H](C)CO)C(=O)CCCn2nncc2CO[C@@H]1CN(C)Cc1ccc(Oc2ccccc2)cc1. The molecule has 9 heteroatoms. The average Bonchev–Trinajstić information content (AvgIpc) is 3.37. The summed E-state index contributed by atoms with van der Waals surface area (Å²) in [6.45, 7) is 6.90. The third kappa shape index (κ3) is 7.63. The van der Waals surface area contributed by atoms with Crippen molar-refractivity contribution in [3.05, 3.63) is 72.1 Å². The van der Waals surface area contributed by atoms with E-state index in [-0.39, 0.29) is 30.6 Å². The lowest BCUT2D eigenvalue weighted by Gasteiger charge is -2.35. The number of amides is 1. The standard InChI is InChI=1S/C29H39N5O4/c1-22-17-33(23(2)20-35)29(36)10-7-15-34-25(16-30-31-34)21-37-28(22)19-32(3)18-24-11-13-27(14-12-24)38-26-8-5-4-6-9-26/h4-6,8-9,11-14,16,22-23,28,35H,7,10,15,17-21H2,1-3H3/t22-,23+,28-/m1/s1. The van der Waals surface area contributed by atoms with Gasteiger partial charge >= 0.3 is 0 Å². The van der Waals surface area contributed by atoms with E-state index in [4.69, 9.17) is 9.47 Å². The van der Waals surface area contributed by atoms with Gasteiger partial charge in [0.05, 0.1) is 37.3 Å². The zero-order valence-electron chi connectivity index (χ0n) is 22.6. The third-order valence-electron chi connectivity index (χ3n) is 6.99. The van der Waals surface area contributed by atoms with Gasteiger partial charge in [-0.3, -0.25) is 9.69 Å². The number of carbonyl (C=O) groups is 1. The number of ether oxygens (including phenoxy) is 2. The van der Waals surface area contributed by atoms with Gasteiger partial charge < -0.3 is 19.5 Å². The van der Waals surface area contributed by atoms with Gasteiger partial charge in [0.2, 0.25) is 5.91 Å². The molecule has 3 aromatic rings. The molecule has 2 aromatic carbocycles. The molecule has 1 amide bonds. The molecule has 4 rings (SSSR count). The Bertz CT molecular complexity index is 1140. The highest BCUT2D eigenvalue weighted by Crippen LogP contribution is 2.22. The van der Waals surface area contributed by atoms with E-state index in [1.807, 2.05) is 54.1 Å². The molecule has 1 aliphatic heterocycles. The Balaban J connectivity index is 1.43. The topological polar surface area (TPSA) is 93.0 Å². The number of aliphatic hydroxyl groups excluding tert-OH is 1. The number of aryl methyl sites for hydroxylation is 1. The lowest BCUT2D eigenvalue weighted by molar-refractivity contribution is -0.136. The van der Waals surface area contributed by atoms with Crippen LogP contribution in [0, 0.1) is 5.92 Å². The van der Waals surface area contributed by atoms with E-state index in [1.165, 1.54) is 5.56 Å². The van der Waals surface area contributed by atoms with Crippen LogP contribution >= 0.6 is 0 Å². The van der Waals surface area contributed by atoms with Crippen molar-refractivity contribution < 1.29 is 19.4 Å². The number of fused-ring (bicyclic) bond motifs is 1. The monoisotopic (exact) mass is 521 g/mol. The number of para-hydroxylation sites is 1. The molecule has 1 N–H and O–H groups in total. The maximum Gasteiger partial charge on any atom is 0.222 e. The van der Waals surface area contributed by atoms with Crippen LogP contribution in [0.25, 0.3) is 0 Å². The summed E-state index contributed by atoms with van der Waals surface area (Å²) in [6, 6.07) is 17.6. The van der Waals surface area contributed by atoms with Crippen LogP contribution in [0.2, 0.25) is 0 Å². The van der Waals surface area contributed by atoms with Gasteiger partial charge in [0.25, 0.3) is 0 Å². The predicted molar refractivity (Wildman–Crippen MR) is 145 cm³/mol.